The van der Waals surface area contributed by atoms with Gasteiger partial charge < -0.3 is 15.5 Å². The van der Waals surface area contributed by atoms with Crippen molar-refractivity contribution in [2.75, 3.05) is 23.3 Å². The molecule has 1 aliphatic heterocycles. The quantitative estimate of drug-likeness (QED) is 0.672. The first-order chi connectivity index (χ1) is 12.7. The van der Waals surface area contributed by atoms with Crippen LogP contribution in [0.4, 0.5) is 16.2 Å². The number of hydrogen-bond acceptors (Lipinski definition) is 3. The Hall–Kier alpha value is -2.60. The number of anilines is 2. The zero-order chi connectivity index (χ0) is 17.9. The van der Waals surface area contributed by atoms with Crippen molar-refractivity contribution in [1.82, 2.24) is 10.3 Å². The van der Waals surface area contributed by atoms with Crippen LogP contribution in [0.25, 0.3) is 10.9 Å². The number of hydrogen-bond donors (Lipinski definition) is 2. The number of amides is 2. The van der Waals surface area contributed by atoms with Crippen molar-refractivity contribution in [1.29, 1.82) is 0 Å². The maximum Gasteiger partial charge on any atom is 0.319 e. The number of para-hydroxylation sites is 1. The first-order valence-corrected chi connectivity index (χ1v) is 9.41. The number of aromatic nitrogens is 1. The second-order valence-corrected chi connectivity index (χ2v) is 7.21. The van der Waals surface area contributed by atoms with Gasteiger partial charge in [0, 0.05) is 40.9 Å². The SMILES string of the molecule is O=C(Nc1ccccc1Br)N[C@@H]1CCN(c2cccc3ncccc23)C1. The predicted octanol–water partition coefficient (Wildman–Crippen LogP) is 4.40. The van der Waals surface area contributed by atoms with Gasteiger partial charge in [0.05, 0.1) is 11.2 Å². The fraction of sp³-hybridized carbons (Fsp3) is 0.200. The Labute approximate surface area is 160 Å². The molecule has 132 valence electrons. The lowest BCUT2D eigenvalue weighted by molar-refractivity contribution is 0.249. The smallest absolute Gasteiger partial charge is 0.319 e. The Balaban J connectivity index is 1.42. The third-order valence-corrected chi connectivity index (χ3v) is 5.30. The largest absolute Gasteiger partial charge is 0.369 e. The minimum Gasteiger partial charge on any atom is -0.369 e. The van der Waals surface area contributed by atoms with Crippen LogP contribution in [-0.4, -0.2) is 30.1 Å². The molecule has 0 saturated carbocycles. The van der Waals surface area contributed by atoms with Crippen molar-refractivity contribution < 1.29 is 4.79 Å². The second kappa shape index (κ2) is 7.33. The van der Waals surface area contributed by atoms with E-state index in [0.29, 0.717) is 0 Å². The van der Waals surface area contributed by atoms with Crippen molar-refractivity contribution in [3.8, 4) is 0 Å². The average molecular weight is 411 g/mol. The van der Waals surface area contributed by atoms with Crippen LogP contribution in [0.15, 0.2) is 65.3 Å². The number of fused-ring (bicyclic) bond motifs is 1. The van der Waals surface area contributed by atoms with E-state index in [1.165, 1.54) is 5.69 Å². The Morgan fingerprint density at radius 1 is 1.12 bits per heavy atom. The number of benzene rings is 2. The Morgan fingerprint density at radius 3 is 2.88 bits per heavy atom. The minimum atomic E-state index is -0.177. The maximum absolute atomic E-state index is 12.3. The molecule has 1 saturated heterocycles. The van der Waals surface area contributed by atoms with E-state index in [9.17, 15) is 4.79 Å². The highest BCUT2D eigenvalue weighted by atomic mass is 79.9. The maximum atomic E-state index is 12.3. The minimum absolute atomic E-state index is 0.115. The highest BCUT2D eigenvalue weighted by molar-refractivity contribution is 9.10. The summed E-state index contributed by atoms with van der Waals surface area (Å²) < 4.78 is 0.867. The first-order valence-electron chi connectivity index (χ1n) is 8.61. The molecule has 4 rings (SSSR count). The van der Waals surface area contributed by atoms with Gasteiger partial charge in [-0.05, 0) is 58.7 Å². The van der Waals surface area contributed by atoms with E-state index in [1.807, 2.05) is 48.7 Å². The molecule has 1 fully saturated rings. The molecule has 5 nitrogen and oxygen atoms in total. The molecule has 26 heavy (non-hydrogen) atoms. The summed E-state index contributed by atoms with van der Waals surface area (Å²) in [4.78, 5) is 19.0. The van der Waals surface area contributed by atoms with Gasteiger partial charge in [0.25, 0.3) is 0 Å². The number of carbonyl (C=O) groups excluding carboxylic acids is 1. The molecule has 1 aromatic heterocycles. The summed E-state index contributed by atoms with van der Waals surface area (Å²) in [5.74, 6) is 0. The normalized spacial score (nSPS) is 16.7. The monoisotopic (exact) mass is 410 g/mol. The molecule has 1 aliphatic rings. The topological polar surface area (TPSA) is 57.3 Å². The molecule has 0 spiro atoms. The molecular weight excluding hydrogens is 392 g/mol. The fourth-order valence-electron chi connectivity index (χ4n) is 3.37. The van der Waals surface area contributed by atoms with Crippen molar-refractivity contribution in [3.05, 3.63) is 65.3 Å². The molecule has 6 heteroatoms. The van der Waals surface area contributed by atoms with Gasteiger partial charge in [-0.15, -0.1) is 0 Å². The van der Waals surface area contributed by atoms with Crippen LogP contribution in [0.1, 0.15) is 6.42 Å². The van der Waals surface area contributed by atoms with Gasteiger partial charge in [-0.3, -0.25) is 4.98 Å². The van der Waals surface area contributed by atoms with E-state index in [-0.39, 0.29) is 12.1 Å². The molecule has 2 amide bonds. The van der Waals surface area contributed by atoms with E-state index in [0.717, 1.165) is 40.6 Å². The summed E-state index contributed by atoms with van der Waals surface area (Å²) >= 11 is 3.44. The highest BCUT2D eigenvalue weighted by Crippen LogP contribution is 2.28. The molecule has 3 aromatic rings. The summed E-state index contributed by atoms with van der Waals surface area (Å²) in [6, 6.07) is 17.8. The summed E-state index contributed by atoms with van der Waals surface area (Å²) in [6.45, 7) is 1.70. The van der Waals surface area contributed by atoms with Crippen molar-refractivity contribution in [2.45, 2.75) is 12.5 Å². The molecule has 2 aromatic carbocycles. The van der Waals surface area contributed by atoms with E-state index in [1.54, 1.807) is 0 Å². The Kier molecular flexibility index (Phi) is 4.75. The lowest BCUT2D eigenvalue weighted by Crippen LogP contribution is -2.39. The summed E-state index contributed by atoms with van der Waals surface area (Å²) in [6.07, 6.45) is 2.73. The van der Waals surface area contributed by atoms with Crippen molar-refractivity contribution in [2.24, 2.45) is 0 Å². The molecule has 2 N–H and O–H groups in total. The number of halogens is 1. The van der Waals surface area contributed by atoms with E-state index in [4.69, 9.17) is 0 Å². The van der Waals surface area contributed by atoms with Gasteiger partial charge in [-0.1, -0.05) is 18.2 Å². The number of rotatable bonds is 3. The molecule has 1 atom stereocenters. The number of nitrogens with zero attached hydrogens (tertiary/aromatic N) is 2. The number of urea groups is 1. The predicted molar refractivity (Wildman–Crippen MR) is 109 cm³/mol. The van der Waals surface area contributed by atoms with Gasteiger partial charge in [0.2, 0.25) is 0 Å². The Morgan fingerprint density at radius 2 is 2.00 bits per heavy atom. The number of carbonyl (C=O) groups is 1. The number of pyridine rings is 1. The van der Waals surface area contributed by atoms with E-state index in [2.05, 4.69) is 48.6 Å². The lowest BCUT2D eigenvalue weighted by atomic mass is 10.1. The van der Waals surface area contributed by atoms with Gasteiger partial charge in [0.15, 0.2) is 0 Å². The van der Waals surface area contributed by atoms with E-state index >= 15 is 0 Å². The molecule has 0 radical (unpaired) electrons. The molecule has 2 heterocycles. The zero-order valence-electron chi connectivity index (χ0n) is 14.2. The molecule has 0 aliphatic carbocycles. The first kappa shape index (κ1) is 16.8. The Bertz CT molecular complexity index is 941. The van der Waals surface area contributed by atoms with Crippen molar-refractivity contribution in [3.63, 3.8) is 0 Å². The van der Waals surface area contributed by atoms with Gasteiger partial charge in [-0.25, -0.2) is 4.79 Å². The average Bonchev–Trinajstić information content (AvgIpc) is 3.11. The van der Waals surface area contributed by atoms with Crippen LogP contribution in [0.3, 0.4) is 0 Å². The summed E-state index contributed by atoms with van der Waals surface area (Å²) in [7, 11) is 0. The van der Waals surface area contributed by atoms with Crippen LogP contribution in [0, 0.1) is 0 Å². The zero-order valence-corrected chi connectivity index (χ0v) is 15.7. The molecular formula is C20H19BrN4O. The van der Waals surface area contributed by atoms with Crippen LogP contribution in [0.5, 0.6) is 0 Å². The van der Waals surface area contributed by atoms with E-state index < -0.39 is 0 Å². The fourth-order valence-corrected chi connectivity index (χ4v) is 3.75. The highest BCUT2D eigenvalue weighted by Gasteiger charge is 2.25. The van der Waals surface area contributed by atoms with Crippen LogP contribution in [-0.2, 0) is 0 Å². The van der Waals surface area contributed by atoms with Crippen LogP contribution >= 0.6 is 15.9 Å². The number of nitrogens with one attached hydrogen (secondary N) is 2. The lowest BCUT2D eigenvalue weighted by Gasteiger charge is -2.21. The van der Waals surface area contributed by atoms with Gasteiger partial charge in [-0.2, -0.15) is 0 Å². The third-order valence-electron chi connectivity index (χ3n) is 4.61. The summed E-state index contributed by atoms with van der Waals surface area (Å²) in [5.41, 5.74) is 2.93. The second-order valence-electron chi connectivity index (χ2n) is 6.36. The third kappa shape index (κ3) is 3.51. The van der Waals surface area contributed by atoms with Gasteiger partial charge in [0.1, 0.15) is 0 Å². The molecule has 0 bridgehead atoms. The van der Waals surface area contributed by atoms with Crippen LogP contribution in [0.2, 0.25) is 0 Å². The van der Waals surface area contributed by atoms with Crippen LogP contribution < -0.4 is 15.5 Å². The molecule has 0 unspecified atom stereocenters. The summed E-state index contributed by atoms with van der Waals surface area (Å²) in [5, 5.41) is 7.12. The standard InChI is InChI=1S/C20H19BrN4O/c21-16-6-1-2-7-18(16)24-20(26)23-14-10-12-25(13-14)19-9-3-8-17-15(19)5-4-11-22-17/h1-9,11,14H,10,12-13H2,(H2,23,24,26)/t14-/m1/s1. The van der Waals surface area contributed by atoms with Gasteiger partial charge >= 0.3 is 6.03 Å². The van der Waals surface area contributed by atoms with Crippen molar-refractivity contribution >= 4 is 44.2 Å².